The van der Waals surface area contributed by atoms with E-state index in [1.165, 1.54) is 36.6 Å². The fourth-order valence-electron chi connectivity index (χ4n) is 2.06. The van der Waals surface area contributed by atoms with E-state index in [-0.39, 0.29) is 11.1 Å². The van der Waals surface area contributed by atoms with Gasteiger partial charge in [0, 0.05) is 4.88 Å². The second kappa shape index (κ2) is 7.89. The SMILES string of the molecule is COC(=O)c1c(NC(=O)COC(=O)c2cccc(F)c2)sc(C)c1C. The highest BCUT2D eigenvalue weighted by atomic mass is 32.1. The first-order valence-electron chi connectivity index (χ1n) is 7.24. The van der Waals surface area contributed by atoms with Crippen LogP contribution in [0.5, 0.6) is 0 Å². The van der Waals surface area contributed by atoms with Gasteiger partial charge in [-0.25, -0.2) is 14.0 Å². The van der Waals surface area contributed by atoms with E-state index < -0.39 is 30.3 Å². The molecule has 1 aromatic carbocycles. The average molecular weight is 365 g/mol. The summed E-state index contributed by atoms with van der Waals surface area (Å²) in [6.07, 6.45) is 0. The summed E-state index contributed by atoms with van der Waals surface area (Å²) in [4.78, 5) is 36.5. The number of nitrogens with one attached hydrogen (secondary N) is 1. The molecule has 2 rings (SSSR count). The summed E-state index contributed by atoms with van der Waals surface area (Å²) in [5, 5.41) is 2.86. The van der Waals surface area contributed by atoms with E-state index in [2.05, 4.69) is 5.32 Å². The number of halogens is 1. The molecule has 0 atom stereocenters. The number of amides is 1. The fourth-order valence-corrected chi connectivity index (χ4v) is 3.12. The number of anilines is 1. The van der Waals surface area contributed by atoms with Gasteiger partial charge in [0.25, 0.3) is 5.91 Å². The molecule has 0 aliphatic heterocycles. The third kappa shape index (κ3) is 4.42. The molecule has 0 aliphatic rings. The highest BCUT2D eigenvalue weighted by Crippen LogP contribution is 2.32. The van der Waals surface area contributed by atoms with Crippen molar-refractivity contribution < 1.29 is 28.2 Å². The molecule has 1 heterocycles. The van der Waals surface area contributed by atoms with Gasteiger partial charge < -0.3 is 14.8 Å². The normalized spacial score (nSPS) is 10.2. The number of aryl methyl sites for hydroxylation is 1. The first-order chi connectivity index (χ1) is 11.8. The summed E-state index contributed by atoms with van der Waals surface area (Å²) in [5.41, 5.74) is 0.990. The zero-order valence-electron chi connectivity index (χ0n) is 13.8. The van der Waals surface area contributed by atoms with E-state index in [0.29, 0.717) is 10.6 Å². The predicted molar refractivity (Wildman–Crippen MR) is 90.4 cm³/mol. The molecule has 0 saturated carbocycles. The number of methoxy groups -OCH3 is 1. The molecule has 1 amide bonds. The van der Waals surface area contributed by atoms with Crippen LogP contribution in [-0.2, 0) is 14.3 Å². The Bertz CT molecular complexity index is 830. The summed E-state index contributed by atoms with van der Waals surface area (Å²) in [6.45, 7) is 3.00. The van der Waals surface area contributed by atoms with Crippen LogP contribution in [0, 0.1) is 19.7 Å². The van der Waals surface area contributed by atoms with E-state index in [9.17, 15) is 18.8 Å². The Morgan fingerprint density at radius 3 is 2.56 bits per heavy atom. The molecule has 132 valence electrons. The Labute approximate surface area is 147 Å². The zero-order chi connectivity index (χ0) is 18.6. The number of carbonyl (C=O) groups excluding carboxylic acids is 3. The number of benzene rings is 1. The van der Waals surface area contributed by atoms with Crippen LogP contribution in [0.25, 0.3) is 0 Å². The minimum atomic E-state index is -0.818. The molecule has 0 radical (unpaired) electrons. The molecule has 1 aromatic heterocycles. The van der Waals surface area contributed by atoms with Crippen molar-refractivity contribution in [2.75, 3.05) is 19.0 Å². The van der Waals surface area contributed by atoms with Crippen LogP contribution in [0.4, 0.5) is 9.39 Å². The first kappa shape index (κ1) is 18.6. The maximum atomic E-state index is 13.1. The number of rotatable bonds is 5. The predicted octanol–water partition coefficient (Wildman–Crippen LogP) is 3.09. The molecule has 0 bridgehead atoms. The van der Waals surface area contributed by atoms with Crippen molar-refractivity contribution in [2.24, 2.45) is 0 Å². The monoisotopic (exact) mass is 365 g/mol. The van der Waals surface area contributed by atoms with Gasteiger partial charge in [0.1, 0.15) is 10.8 Å². The second-order valence-electron chi connectivity index (χ2n) is 5.11. The van der Waals surface area contributed by atoms with Crippen LogP contribution >= 0.6 is 11.3 Å². The molecular formula is C17H16FNO5S. The van der Waals surface area contributed by atoms with Gasteiger partial charge in [-0.05, 0) is 37.6 Å². The molecule has 25 heavy (non-hydrogen) atoms. The lowest BCUT2D eigenvalue weighted by atomic mass is 10.1. The Kier molecular flexibility index (Phi) is 5.87. The number of esters is 2. The van der Waals surface area contributed by atoms with Crippen molar-refractivity contribution in [2.45, 2.75) is 13.8 Å². The lowest BCUT2D eigenvalue weighted by Gasteiger charge is -2.07. The number of thiophene rings is 1. The summed E-state index contributed by atoms with van der Waals surface area (Å²) >= 11 is 1.22. The van der Waals surface area contributed by atoms with Gasteiger partial charge >= 0.3 is 11.9 Å². The Hall–Kier alpha value is -2.74. The Morgan fingerprint density at radius 2 is 1.92 bits per heavy atom. The van der Waals surface area contributed by atoms with Crippen LogP contribution in [0.15, 0.2) is 24.3 Å². The van der Waals surface area contributed by atoms with Gasteiger partial charge in [-0.1, -0.05) is 6.07 Å². The Balaban J connectivity index is 2.02. The molecular weight excluding hydrogens is 349 g/mol. The smallest absolute Gasteiger partial charge is 0.341 e. The zero-order valence-corrected chi connectivity index (χ0v) is 14.7. The van der Waals surface area contributed by atoms with Crippen molar-refractivity contribution in [3.05, 3.63) is 51.7 Å². The maximum absolute atomic E-state index is 13.1. The Morgan fingerprint density at radius 1 is 1.20 bits per heavy atom. The van der Waals surface area contributed by atoms with Gasteiger partial charge in [-0.3, -0.25) is 4.79 Å². The van der Waals surface area contributed by atoms with Crippen LogP contribution in [-0.4, -0.2) is 31.6 Å². The van der Waals surface area contributed by atoms with Gasteiger partial charge in [0.05, 0.1) is 18.2 Å². The second-order valence-corrected chi connectivity index (χ2v) is 6.34. The average Bonchev–Trinajstić information content (AvgIpc) is 2.86. The van der Waals surface area contributed by atoms with Crippen LogP contribution in [0.2, 0.25) is 0 Å². The topological polar surface area (TPSA) is 81.7 Å². The molecule has 2 aromatic rings. The maximum Gasteiger partial charge on any atom is 0.341 e. The van der Waals surface area contributed by atoms with Crippen molar-refractivity contribution in [1.29, 1.82) is 0 Å². The number of hydrogen-bond acceptors (Lipinski definition) is 6. The highest BCUT2D eigenvalue weighted by molar-refractivity contribution is 7.16. The van der Waals surface area contributed by atoms with Gasteiger partial charge in [-0.15, -0.1) is 11.3 Å². The quantitative estimate of drug-likeness (QED) is 0.824. The molecule has 0 fully saturated rings. The van der Waals surface area contributed by atoms with Crippen LogP contribution in [0.3, 0.4) is 0 Å². The van der Waals surface area contributed by atoms with E-state index in [1.807, 2.05) is 6.92 Å². The summed E-state index contributed by atoms with van der Waals surface area (Å²) < 4.78 is 22.6. The molecule has 1 N–H and O–H groups in total. The van der Waals surface area contributed by atoms with Crippen molar-refractivity contribution in [1.82, 2.24) is 0 Å². The lowest BCUT2D eigenvalue weighted by Crippen LogP contribution is -2.21. The van der Waals surface area contributed by atoms with E-state index in [0.717, 1.165) is 10.9 Å². The molecule has 6 nitrogen and oxygen atoms in total. The largest absolute Gasteiger partial charge is 0.465 e. The van der Waals surface area contributed by atoms with E-state index >= 15 is 0 Å². The molecule has 8 heteroatoms. The minimum absolute atomic E-state index is 0.00543. The number of hydrogen-bond donors (Lipinski definition) is 1. The summed E-state index contributed by atoms with van der Waals surface area (Å²) in [6, 6.07) is 4.96. The minimum Gasteiger partial charge on any atom is -0.465 e. The first-order valence-corrected chi connectivity index (χ1v) is 8.06. The van der Waals surface area contributed by atoms with E-state index in [1.54, 1.807) is 6.92 Å². The van der Waals surface area contributed by atoms with Gasteiger partial charge in [0.2, 0.25) is 0 Å². The third-order valence-corrected chi connectivity index (χ3v) is 4.55. The molecule has 0 unspecified atom stereocenters. The van der Waals surface area contributed by atoms with Crippen molar-refractivity contribution >= 4 is 34.2 Å². The molecule has 0 aliphatic carbocycles. The van der Waals surface area contributed by atoms with E-state index in [4.69, 9.17) is 9.47 Å². The number of ether oxygens (including phenoxy) is 2. The highest BCUT2D eigenvalue weighted by Gasteiger charge is 2.22. The summed E-state index contributed by atoms with van der Waals surface area (Å²) in [5.74, 6) is -2.57. The van der Waals surface area contributed by atoms with Gasteiger partial charge in [0.15, 0.2) is 6.61 Å². The van der Waals surface area contributed by atoms with Crippen LogP contribution < -0.4 is 5.32 Å². The summed E-state index contributed by atoms with van der Waals surface area (Å²) in [7, 11) is 1.25. The molecule has 0 saturated heterocycles. The third-order valence-electron chi connectivity index (χ3n) is 3.42. The van der Waals surface area contributed by atoms with Crippen LogP contribution in [0.1, 0.15) is 31.2 Å². The lowest BCUT2D eigenvalue weighted by molar-refractivity contribution is -0.119. The van der Waals surface area contributed by atoms with Gasteiger partial charge in [-0.2, -0.15) is 0 Å². The van der Waals surface area contributed by atoms with Crippen molar-refractivity contribution in [3.63, 3.8) is 0 Å². The molecule has 0 spiro atoms. The van der Waals surface area contributed by atoms with Crippen molar-refractivity contribution in [3.8, 4) is 0 Å². The number of carbonyl (C=O) groups is 3. The fraction of sp³-hybridized carbons (Fsp3) is 0.235. The standard InChI is InChI=1S/C17H16FNO5S/c1-9-10(2)25-15(14(9)17(22)23-3)19-13(20)8-24-16(21)11-5-4-6-12(18)7-11/h4-7H,8H2,1-3H3,(H,19,20).